The van der Waals surface area contributed by atoms with E-state index in [4.69, 9.17) is 0 Å². The summed E-state index contributed by atoms with van der Waals surface area (Å²) in [6.07, 6.45) is 5.97. The van der Waals surface area contributed by atoms with Crippen LogP contribution in [0.3, 0.4) is 0 Å². The number of ketones is 1. The summed E-state index contributed by atoms with van der Waals surface area (Å²) in [6.45, 7) is 6.45. The first-order valence-electron chi connectivity index (χ1n) is 9.51. The molecule has 2 heterocycles. The van der Waals surface area contributed by atoms with Gasteiger partial charge in [-0.1, -0.05) is 32.9 Å². The molecule has 0 radical (unpaired) electrons. The zero-order valence-corrected chi connectivity index (χ0v) is 16.1. The smallest absolute Gasteiger partial charge is 0.167 e. The highest BCUT2D eigenvalue weighted by Crippen LogP contribution is 2.43. The van der Waals surface area contributed by atoms with Crippen molar-refractivity contribution < 1.29 is 4.79 Å². The number of H-pyrrole nitrogens is 1. The first-order valence-corrected chi connectivity index (χ1v) is 9.51. The number of nitrogens with zero attached hydrogens (tertiary/aromatic N) is 1. The fourth-order valence-electron chi connectivity index (χ4n) is 3.93. The van der Waals surface area contributed by atoms with Crippen LogP contribution in [0.2, 0.25) is 0 Å². The molecule has 0 unspecified atom stereocenters. The summed E-state index contributed by atoms with van der Waals surface area (Å²) in [5.74, 6) is 0.201. The van der Waals surface area contributed by atoms with Crippen molar-refractivity contribution in [2.75, 3.05) is 5.32 Å². The van der Waals surface area contributed by atoms with E-state index in [0.717, 1.165) is 46.7 Å². The van der Waals surface area contributed by atoms with E-state index in [-0.39, 0.29) is 11.2 Å². The normalized spacial score (nSPS) is 15.4. The van der Waals surface area contributed by atoms with Crippen LogP contribution in [0.4, 0.5) is 11.4 Å². The van der Waals surface area contributed by atoms with Gasteiger partial charge in [0.25, 0.3) is 0 Å². The van der Waals surface area contributed by atoms with E-state index in [2.05, 4.69) is 54.3 Å². The van der Waals surface area contributed by atoms with Crippen molar-refractivity contribution in [2.24, 2.45) is 5.41 Å². The third-order valence-electron chi connectivity index (χ3n) is 5.22. The van der Waals surface area contributed by atoms with Gasteiger partial charge in [0.15, 0.2) is 5.78 Å². The monoisotopic (exact) mass is 359 g/mol. The van der Waals surface area contributed by atoms with Gasteiger partial charge in [-0.15, -0.1) is 0 Å². The molecule has 4 heteroatoms. The molecule has 3 aromatic rings. The molecule has 0 aliphatic heterocycles. The Balaban J connectivity index is 1.85. The molecule has 0 amide bonds. The van der Waals surface area contributed by atoms with Crippen LogP contribution in [0.1, 0.15) is 48.8 Å². The highest BCUT2D eigenvalue weighted by molar-refractivity contribution is 6.07. The van der Waals surface area contributed by atoms with Gasteiger partial charge in [-0.3, -0.25) is 9.78 Å². The molecule has 0 atom stereocenters. The lowest BCUT2D eigenvalue weighted by atomic mass is 9.76. The Morgan fingerprint density at radius 3 is 2.67 bits per heavy atom. The second-order valence-electron chi connectivity index (χ2n) is 8.08. The number of hydrogen-bond donors (Lipinski definition) is 2. The number of carbonyl (C=O) groups is 1. The maximum Gasteiger partial charge on any atom is 0.167 e. The fourth-order valence-corrected chi connectivity index (χ4v) is 3.93. The number of pyridine rings is 1. The van der Waals surface area contributed by atoms with E-state index in [0.29, 0.717) is 6.42 Å². The Labute approximate surface area is 160 Å². The lowest BCUT2D eigenvalue weighted by Gasteiger charge is -2.28. The number of fused-ring (bicyclic) bond motifs is 1. The van der Waals surface area contributed by atoms with Crippen LogP contribution >= 0.6 is 0 Å². The highest BCUT2D eigenvalue weighted by Gasteiger charge is 2.35. The number of aryl methyl sites for hydroxylation is 1. The number of anilines is 2. The van der Waals surface area contributed by atoms with Crippen LogP contribution < -0.4 is 5.32 Å². The number of aromatic amines is 1. The Bertz CT molecular complexity index is 986. The van der Waals surface area contributed by atoms with Crippen molar-refractivity contribution in [3.8, 4) is 11.3 Å². The van der Waals surface area contributed by atoms with Crippen molar-refractivity contribution in [2.45, 2.75) is 40.0 Å². The molecule has 4 nitrogen and oxygen atoms in total. The molecule has 27 heavy (non-hydrogen) atoms. The number of nitrogens with one attached hydrogen (secondary N) is 2. The summed E-state index contributed by atoms with van der Waals surface area (Å²) in [5.41, 5.74) is 6.94. The summed E-state index contributed by atoms with van der Waals surface area (Å²) in [6, 6.07) is 12.3. The molecular weight excluding hydrogens is 334 g/mol. The molecule has 0 spiro atoms. The molecule has 1 aliphatic rings. The van der Waals surface area contributed by atoms with Gasteiger partial charge in [0.2, 0.25) is 0 Å². The first kappa shape index (κ1) is 17.5. The van der Waals surface area contributed by atoms with Crippen molar-refractivity contribution in [3.63, 3.8) is 0 Å². The Hall–Kier alpha value is -2.88. The molecule has 2 aromatic heterocycles. The van der Waals surface area contributed by atoms with Crippen LogP contribution in [0.15, 0.2) is 48.8 Å². The maximum atomic E-state index is 13.0. The second-order valence-corrected chi connectivity index (χ2v) is 8.08. The maximum absolute atomic E-state index is 13.0. The quantitative estimate of drug-likeness (QED) is 0.643. The zero-order chi connectivity index (χ0) is 19.0. The van der Waals surface area contributed by atoms with E-state index < -0.39 is 0 Å². The fraction of sp³-hybridized carbons (Fsp3) is 0.304. The van der Waals surface area contributed by atoms with Gasteiger partial charge in [0, 0.05) is 35.8 Å². The second kappa shape index (κ2) is 6.69. The Morgan fingerprint density at radius 2 is 1.93 bits per heavy atom. The molecule has 4 rings (SSSR count). The van der Waals surface area contributed by atoms with Crippen molar-refractivity contribution >= 4 is 17.2 Å². The van der Waals surface area contributed by atoms with Crippen LogP contribution in [0.25, 0.3) is 11.3 Å². The number of carbonyl (C=O) groups excluding carboxylic acids is 1. The average Bonchev–Trinajstić information content (AvgIpc) is 2.99. The molecule has 2 N–H and O–H groups in total. The van der Waals surface area contributed by atoms with Gasteiger partial charge >= 0.3 is 0 Å². The minimum Gasteiger partial charge on any atom is -0.356 e. The third-order valence-corrected chi connectivity index (χ3v) is 5.22. The molecule has 0 saturated carbocycles. The molecule has 1 aliphatic carbocycles. The number of benzene rings is 1. The van der Waals surface area contributed by atoms with Crippen LogP contribution in [-0.2, 0) is 12.8 Å². The summed E-state index contributed by atoms with van der Waals surface area (Å²) in [7, 11) is 0. The van der Waals surface area contributed by atoms with E-state index >= 15 is 0 Å². The van der Waals surface area contributed by atoms with Gasteiger partial charge in [-0.25, -0.2) is 0 Å². The average molecular weight is 359 g/mol. The van der Waals surface area contributed by atoms with Crippen molar-refractivity contribution in [3.05, 3.63) is 65.6 Å². The molecule has 138 valence electrons. The largest absolute Gasteiger partial charge is 0.356 e. The molecule has 0 saturated heterocycles. The van der Waals surface area contributed by atoms with Crippen LogP contribution in [0.5, 0.6) is 0 Å². The Morgan fingerprint density at radius 1 is 1.15 bits per heavy atom. The number of aromatic nitrogens is 2. The van der Waals surface area contributed by atoms with E-state index in [1.807, 2.05) is 18.2 Å². The van der Waals surface area contributed by atoms with Crippen molar-refractivity contribution in [1.82, 2.24) is 9.97 Å². The van der Waals surface area contributed by atoms with Gasteiger partial charge in [0.1, 0.15) is 0 Å². The van der Waals surface area contributed by atoms with E-state index in [9.17, 15) is 4.79 Å². The van der Waals surface area contributed by atoms with E-state index in [1.54, 1.807) is 12.4 Å². The lowest BCUT2D eigenvalue weighted by Crippen LogP contribution is -2.26. The van der Waals surface area contributed by atoms with Crippen LogP contribution in [0, 0.1) is 5.41 Å². The molecular formula is C23H25N3O. The van der Waals surface area contributed by atoms with Crippen LogP contribution in [-0.4, -0.2) is 15.8 Å². The predicted octanol–water partition coefficient (Wildman–Crippen LogP) is 5.54. The zero-order valence-electron chi connectivity index (χ0n) is 16.1. The number of Topliss-reactive ketones (excluding diaryl/α,β-unsaturated/α-hetero) is 1. The SMILES string of the molecule is CCc1cccc(Nc2c(-c3ccncc3)[nH]c3c2C(=O)CC(C)(C)C3)c1. The van der Waals surface area contributed by atoms with Gasteiger partial charge < -0.3 is 10.3 Å². The summed E-state index contributed by atoms with van der Waals surface area (Å²) in [4.78, 5) is 20.7. The minimum absolute atomic E-state index is 0.0240. The molecule has 0 bridgehead atoms. The number of rotatable bonds is 4. The summed E-state index contributed by atoms with van der Waals surface area (Å²) >= 11 is 0. The third kappa shape index (κ3) is 3.39. The first-order chi connectivity index (χ1) is 13.0. The van der Waals surface area contributed by atoms with Gasteiger partial charge in [-0.2, -0.15) is 0 Å². The standard InChI is InChI=1S/C23H25N3O/c1-4-15-6-5-7-17(12-15)25-22-20-18(13-23(2,3)14-19(20)27)26-21(22)16-8-10-24-11-9-16/h5-12,25-26H,4,13-14H2,1-3H3. The van der Waals surface area contributed by atoms with Gasteiger partial charge in [0.05, 0.1) is 16.9 Å². The van der Waals surface area contributed by atoms with E-state index in [1.165, 1.54) is 5.56 Å². The van der Waals surface area contributed by atoms with Crippen molar-refractivity contribution in [1.29, 1.82) is 0 Å². The minimum atomic E-state index is -0.0240. The topological polar surface area (TPSA) is 57.8 Å². The predicted molar refractivity (Wildman–Crippen MR) is 110 cm³/mol. The summed E-state index contributed by atoms with van der Waals surface area (Å²) < 4.78 is 0. The Kier molecular flexibility index (Phi) is 4.34. The summed E-state index contributed by atoms with van der Waals surface area (Å²) in [5, 5.41) is 3.54. The molecule has 1 aromatic carbocycles. The number of hydrogen-bond acceptors (Lipinski definition) is 3. The van der Waals surface area contributed by atoms with Gasteiger partial charge in [-0.05, 0) is 48.1 Å². The highest BCUT2D eigenvalue weighted by atomic mass is 16.1. The lowest BCUT2D eigenvalue weighted by molar-refractivity contribution is 0.0912. The molecule has 0 fully saturated rings.